The van der Waals surface area contributed by atoms with Crippen LogP contribution in [-0.4, -0.2) is 17.6 Å². The molecule has 2 aromatic heterocycles. The molecule has 0 bridgehead atoms. The number of para-hydroxylation sites is 2. The number of hydrogen-bond acceptors (Lipinski definition) is 2. The van der Waals surface area contributed by atoms with Crippen LogP contribution in [0.4, 0.5) is 0 Å². The van der Waals surface area contributed by atoms with E-state index >= 15 is 0 Å². The summed E-state index contributed by atoms with van der Waals surface area (Å²) in [7, 11) is -3.87. The first-order valence-corrected chi connectivity index (χ1v) is 18.3. The van der Waals surface area contributed by atoms with Crippen molar-refractivity contribution in [1.82, 2.24) is 9.13 Å². The molecule has 244 valence electrons. The Morgan fingerprint density at radius 2 is 0.735 bits per heavy atom. The zero-order valence-corrected chi connectivity index (χ0v) is 29.6. The molecule has 0 N–H and O–H groups in total. The van der Waals surface area contributed by atoms with Crippen LogP contribution in [0.25, 0.3) is 55.0 Å². The summed E-state index contributed by atoms with van der Waals surface area (Å²) in [4.78, 5) is 0.574. The van der Waals surface area contributed by atoms with E-state index in [0.29, 0.717) is 0 Å². The summed E-state index contributed by atoms with van der Waals surface area (Å²) in [6.45, 7) is 13.2. The molecule has 0 fully saturated rings. The van der Waals surface area contributed by atoms with Crippen molar-refractivity contribution >= 4 is 53.4 Å². The lowest BCUT2D eigenvalue weighted by Gasteiger charge is -2.19. The first kappa shape index (κ1) is 31.2. The van der Waals surface area contributed by atoms with E-state index in [1.54, 1.807) is 12.1 Å². The summed E-state index contributed by atoms with van der Waals surface area (Å²) >= 11 is 0. The highest BCUT2D eigenvalue weighted by atomic mass is 32.2. The van der Waals surface area contributed by atoms with E-state index in [1.165, 1.54) is 11.1 Å². The quantitative estimate of drug-likeness (QED) is 0.189. The molecule has 0 unspecified atom stereocenters. The van der Waals surface area contributed by atoms with Crippen molar-refractivity contribution in [2.75, 3.05) is 0 Å². The number of rotatable bonds is 4. The van der Waals surface area contributed by atoms with Crippen LogP contribution in [0.3, 0.4) is 0 Å². The van der Waals surface area contributed by atoms with Gasteiger partial charge in [-0.3, -0.25) is 0 Å². The normalized spacial score (nSPS) is 12.9. The minimum absolute atomic E-state index is 0.0553. The van der Waals surface area contributed by atoms with E-state index in [-0.39, 0.29) is 20.6 Å². The molecule has 0 atom stereocenters. The molecule has 0 aliphatic carbocycles. The lowest BCUT2D eigenvalue weighted by atomic mass is 9.86. The summed E-state index contributed by atoms with van der Waals surface area (Å²) in [5.74, 6) is 0. The Labute approximate surface area is 288 Å². The molecule has 0 saturated carbocycles. The second-order valence-corrected chi connectivity index (χ2v) is 17.1. The maximum Gasteiger partial charge on any atom is 0.206 e. The second kappa shape index (κ2) is 10.9. The van der Waals surface area contributed by atoms with Crippen LogP contribution in [0.15, 0.2) is 143 Å². The Kier molecular flexibility index (Phi) is 6.96. The lowest BCUT2D eigenvalue weighted by molar-refractivity contribution is 0.591. The minimum Gasteiger partial charge on any atom is -0.309 e. The SMILES string of the molecule is CC(C)(C)c1ccc2c(c1)c1cc(S(=O)(=O)c3ccc4c(c3)c3cc(C(C)(C)C)ccc3n4-c3ccccc3)ccc1n2-c1ccccc1. The molecule has 0 saturated heterocycles. The van der Waals surface area contributed by atoms with Gasteiger partial charge in [0.1, 0.15) is 0 Å². The highest BCUT2D eigenvalue weighted by Gasteiger charge is 2.25. The Morgan fingerprint density at radius 1 is 0.408 bits per heavy atom. The van der Waals surface area contributed by atoms with E-state index in [2.05, 4.69) is 111 Å². The van der Waals surface area contributed by atoms with Crippen molar-refractivity contribution in [3.05, 3.63) is 145 Å². The van der Waals surface area contributed by atoms with Gasteiger partial charge in [0, 0.05) is 32.9 Å². The van der Waals surface area contributed by atoms with E-state index in [1.807, 2.05) is 60.7 Å². The first-order chi connectivity index (χ1) is 23.3. The van der Waals surface area contributed by atoms with Gasteiger partial charge in [-0.15, -0.1) is 0 Å². The predicted molar refractivity (Wildman–Crippen MR) is 204 cm³/mol. The zero-order chi connectivity index (χ0) is 34.3. The van der Waals surface area contributed by atoms with E-state index in [9.17, 15) is 8.42 Å². The molecule has 8 rings (SSSR count). The van der Waals surface area contributed by atoms with Gasteiger partial charge < -0.3 is 9.13 Å². The Hall–Kier alpha value is -5.13. The lowest BCUT2D eigenvalue weighted by Crippen LogP contribution is -2.10. The van der Waals surface area contributed by atoms with Gasteiger partial charge in [0.15, 0.2) is 0 Å². The third-order valence-corrected chi connectivity index (χ3v) is 11.6. The molecular formula is C44H40N2O2S. The number of benzene rings is 6. The Morgan fingerprint density at radius 3 is 1.08 bits per heavy atom. The molecule has 0 aliphatic rings. The third kappa shape index (κ3) is 5.07. The fraction of sp³-hybridized carbons (Fsp3) is 0.182. The third-order valence-electron chi connectivity index (χ3n) is 9.85. The fourth-order valence-corrected chi connectivity index (χ4v) is 8.43. The second-order valence-electron chi connectivity index (χ2n) is 15.2. The molecule has 49 heavy (non-hydrogen) atoms. The van der Waals surface area contributed by atoms with Gasteiger partial charge in [-0.05, 0) is 107 Å². The van der Waals surface area contributed by atoms with E-state index < -0.39 is 9.84 Å². The monoisotopic (exact) mass is 660 g/mol. The molecule has 0 spiro atoms. The standard InChI is InChI=1S/C44H40N2O2S/c1-43(2,3)29-17-21-39-35(25-29)37-27-33(19-23-41(37)45(39)31-13-9-7-10-14-31)49(47,48)34-20-24-42-38(28-34)36-26-30(44(4,5)6)18-22-40(36)46(42)32-15-11-8-12-16-32/h7-28H,1-6H3. The highest BCUT2D eigenvalue weighted by molar-refractivity contribution is 7.91. The molecule has 0 radical (unpaired) electrons. The van der Waals surface area contributed by atoms with Gasteiger partial charge in [-0.25, -0.2) is 8.42 Å². The molecule has 8 aromatic rings. The molecule has 4 nitrogen and oxygen atoms in total. The van der Waals surface area contributed by atoms with Crippen LogP contribution in [-0.2, 0) is 20.7 Å². The summed E-state index contributed by atoms with van der Waals surface area (Å²) in [5.41, 5.74) is 8.42. The van der Waals surface area contributed by atoms with E-state index in [4.69, 9.17) is 0 Å². The van der Waals surface area contributed by atoms with Crippen LogP contribution in [0.1, 0.15) is 52.7 Å². The number of hydrogen-bond donors (Lipinski definition) is 0. The molecule has 5 heteroatoms. The zero-order valence-electron chi connectivity index (χ0n) is 28.8. The van der Waals surface area contributed by atoms with E-state index in [0.717, 1.165) is 55.0 Å². The average Bonchev–Trinajstić information content (AvgIpc) is 3.59. The van der Waals surface area contributed by atoms with Crippen LogP contribution in [0.5, 0.6) is 0 Å². The van der Waals surface area contributed by atoms with Crippen molar-refractivity contribution < 1.29 is 8.42 Å². The molecule has 0 amide bonds. The van der Waals surface area contributed by atoms with Crippen LogP contribution in [0, 0.1) is 0 Å². The Bertz CT molecular complexity index is 2490. The van der Waals surface area contributed by atoms with Crippen molar-refractivity contribution in [2.24, 2.45) is 0 Å². The number of fused-ring (bicyclic) bond motifs is 6. The maximum atomic E-state index is 14.6. The first-order valence-electron chi connectivity index (χ1n) is 16.9. The van der Waals surface area contributed by atoms with Gasteiger partial charge in [0.25, 0.3) is 0 Å². The smallest absolute Gasteiger partial charge is 0.206 e. The van der Waals surface area contributed by atoms with Crippen molar-refractivity contribution in [3.63, 3.8) is 0 Å². The van der Waals surface area contributed by atoms with Crippen molar-refractivity contribution in [2.45, 2.75) is 62.2 Å². The van der Waals surface area contributed by atoms with Crippen LogP contribution < -0.4 is 0 Å². The van der Waals surface area contributed by atoms with Gasteiger partial charge in [-0.2, -0.15) is 0 Å². The average molecular weight is 661 g/mol. The molecule has 2 heterocycles. The molecular weight excluding hydrogens is 621 g/mol. The van der Waals surface area contributed by atoms with Gasteiger partial charge in [0.05, 0.1) is 31.9 Å². The summed E-state index contributed by atoms with van der Waals surface area (Å²) in [6.07, 6.45) is 0. The predicted octanol–water partition coefficient (Wildman–Crippen LogP) is 11.3. The number of nitrogens with zero attached hydrogens (tertiary/aromatic N) is 2. The summed E-state index contributed by atoms with van der Waals surface area (Å²) in [5, 5.41) is 3.92. The summed E-state index contributed by atoms with van der Waals surface area (Å²) < 4.78 is 33.6. The Balaban J connectivity index is 1.35. The molecule has 6 aromatic carbocycles. The summed E-state index contributed by atoms with van der Waals surface area (Å²) in [6, 6.07) is 44.8. The topological polar surface area (TPSA) is 44.0 Å². The number of aromatic nitrogens is 2. The van der Waals surface area contributed by atoms with Crippen molar-refractivity contribution in [3.8, 4) is 11.4 Å². The van der Waals surface area contributed by atoms with Gasteiger partial charge in [0.2, 0.25) is 9.84 Å². The van der Waals surface area contributed by atoms with Gasteiger partial charge >= 0.3 is 0 Å². The minimum atomic E-state index is -3.87. The van der Waals surface area contributed by atoms with Crippen LogP contribution in [0.2, 0.25) is 0 Å². The van der Waals surface area contributed by atoms with Crippen molar-refractivity contribution in [1.29, 1.82) is 0 Å². The van der Waals surface area contributed by atoms with Gasteiger partial charge in [-0.1, -0.05) is 90.1 Å². The molecule has 0 aliphatic heterocycles. The van der Waals surface area contributed by atoms with Crippen LogP contribution >= 0.6 is 0 Å². The number of sulfone groups is 1. The largest absolute Gasteiger partial charge is 0.309 e. The maximum absolute atomic E-state index is 14.6. The fourth-order valence-electron chi connectivity index (χ4n) is 7.12. The highest BCUT2D eigenvalue weighted by Crippen LogP contribution is 2.39.